The van der Waals surface area contributed by atoms with Crippen molar-refractivity contribution in [3.05, 3.63) is 35.6 Å². The van der Waals surface area contributed by atoms with Gasteiger partial charge in [-0.25, -0.2) is 4.39 Å². The fourth-order valence-corrected chi connectivity index (χ4v) is 2.99. The van der Waals surface area contributed by atoms with E-state index in [9.17, 15) is 9.18 Å². The Labute approximate surface area is 166 Å². The van der Waals surface area contributed by atoms with Crippen molar-refractivity contribution in [3.8, 4) is 0 Å². The Bertz CT molecular complexity index is 582. The molecule has 1 aliphatic heterocycles. The molecule has 2 N–H and O–H groups in total. The third kappa shape index (κ3) is 7.58. The first-order valence-electron chi connectivity index (χ1n) is 8.55. The molecule has 1 aliphatic rings. The second-order valence-electron chi connectivity index (χ2n) is 6.32. The summed E-state index contributed by atoms with van der Waals surface area (Å²) in [5.74, 6) is 1.15. The zero-order valence-electron chi connectivity index (χ0n) is 14.9. The van der Waals surface area contributed by atoms with Crippen LogP contribution in [0, 0.1) is 11.7 Å². The Morgan fingerprint density at radius 3 is 2.80 bits per heavy atom. The van der Waals surface area contributed by atoms with Gasteiger partial charge in [-0.05, 0) is 36.5 Å². The van der Waals surface area contributed by atoms with E-state index >= 15 is 0 Å². The van der Waals surface area contributed by atoms with Crippen molar-refractivity contribution >= 4 is 35.8 Å². The first kappa shape index (κ1) is 21.7. The van der Waals surface area contributed by atoms with Crippen LogP contribution in [-0.4, -0.2) is 50.0 Å². The van der Waals surface area contributed by atoms with Gasteiger partial charge in [-0.15, -0.1) is 24.0 Å². The Balaban J connectivity index is 0.00000312. The number of nitrogens with zero attached hydrogens (tertiary/aromatic N) is 2. The van der Waals surface area contributed by atoms with E-state index in [1.54, 1.807) is 19.2 Å². The fraction of sp³-hybridized carbons (Fsp3) is 0.556. The number of hydrogen-bond acceptors (Lipinski definition) is 2. The lowest BCUT2D eigenvalue weighted by atomic mass is 10.0. The number of carbonyl (C=O) groups is 1. The maximum atomic E-state index is 13.1. The highest BCUT2D eigenvalue weighted by Gasteiger charge is 2.18. The highest BCUT2D eigenvalue weighted by molar-refractivity contribution is 14.0. The Morgan fingerprint density at radius 2 is 2.12 bits per heavy atom. The minimum absolute atomic E-state index is 0. The summed E-state index contributed by atoms with van der Waals surface area (Å²) in [4.78, 5) is 18.5. The van der Waals surface area contributed by atoms with Gasteiger partial charge in [0.05, 0.1) is 6.42 Å². The van der Waals surface area contributed by atoms with Gasteiger partial charge in [-0.3, -0.25) is 9.79 Å². The molecule has 1 atom stereocenters. The molecular weight excluding hydrogens is 434 g/mol. The molecule has 0 bridgehead atoms. The molecule has 1 unspecified atom stereocenters. The number of amides is 1. The van der Waals surface area contributed by atoms with E-state index in [0.29, 0.717) is 24.6 Å². The van der Waals surface area contributed by atoms with Crippen molar-refractivity contribution in [3.63, 3.8) is 0 Å². The van der Waals surface area contributed by atoms with Crippen LogP contribution in [0.3, 0.4) is 0 Å². The summed E-state index contributed by atoms with van der Waals surface area (Å²) in [6, 6.07) is 6.12. The third-order valence-electron chi connectivity index (χ3n) is 4.15. The average molecular weight is 462 g/mol. The maximum Gasteiger partial charge on any atom is 0.224 e. The molecule has 5 nitrogen and oxygen atoms in total. The van der Waals surface area contributed by atoms with Crippen molar-refractivity contribution in [1.29, 1.82) is 0 Å². The highest BCUT2D eigenvalue weighted by Crippen LogP contribution is 2.15. The summed E-state index contributed by atoms with van der Waals surface area (Å²) >= 11 is 0. The molecule has 1 aromatic carbocycles. The van der Waals surface area contributed by atoms with Crippen LogP contribution in [0.2, 0.25) is 0 Å². The molecule has 0 spiro atoms. The van der Waals surface area contributed by atoms with Crippen LogP contribution < -0.4 is 10.6 Å². The molecule has 1 heterocycles. The van der Waals surface area contributed by atoms with E-state index in [1.807, 2.05) is 0 Å². The molecule has 0 aliphatic carbocycles. The minimum Gasteiger partial charge on any atom is -0.354 e. The number of likely N-dealkylation sites (tertiary alicyclic amines) is 1. The molecule has 2 rings (SSSR count). The Hall–Kier alpha value is -1.38. The number of halogens is 2. The molecule has 25 heavy (non-hydrogen) atoms. The zero-order valence-corrected chi connectivity index (χ0v) is 17.3. The van der Waals surface area contributed by atoms with Gasteiger partial charge in [0.1, 0.15) is 5.82 Å². The van der Waals surface area contributed by atoms with Gasteiger partial charge in [-0.1, -0.05) is 19.1 Å². The normalized spacial score (nSPS) is 17.6. The predicted molar refractivity (Wildman–Crippen MR) is 110 cm³/mol. The van der Waals surface area contributed by atoms with E-state index in [-0.39, 0.29) is 42.1 Å². The standard InChI is InChI=1S/C18H27FN4O.HI/c1-14-5-4-10-23(13-14)18(20-2)22-9-8-21-17(24)12-15-6-3-7-16(19)11-15;/h3,6-7,11,14H,4-5,8-10,12-13H2,1-2H3,(H,20,22)(H,21,24);1H. The van der Waals surface area contributed by atoms with E-state index in [4.69, 9.17) is 0 Å². The molecule has 140 valence electrons. The smallest absolute Gasteiger partial charge is 0.224 e. The van der Waals surface area contributed by atoms with Gasteiger partial charge in [0.25, 0.3) is 0 Å². The first-order valence-corrected chi connectivity index (χ1v) is 8.55. The molecule has 0 aromatic heterocycles. The molecule has 1 saturated heterocycles. The maximum absolute atomic E-state index is 13.1. The lowest BCUT2D eigenvalue weighted by Crippen LogP contribution is -2.47. The summed E-state index contributed by atoms with van der Waals surface area (Å²) in [6.45, 7) is 5.43. The summed E-state index contributed by atoms with van der Waals surface area (Å²) in [6.07, 6.45) is 2.64. The zero-order chi connectivity index (χ0) is 17.4. The lowest BCUT2D eigenvalue weighted by molar-refractivity contribution is -0.120. The van der Waals surface area contributed by atoms with Gasteiger partial charge in [0, 0.05) is 33.2 Å². The highest BCUT2D eigenvalue weighted by atomic mass is 127. The summed E-state index contributed by atoms with van der Waals surface area (Å²) < 4.78 is 13.1. The molecule has 0 saturated carbocycles. The van der Waals surface area contributed by atoms with Crippen molar-refractivity contribution in [2.45, 2.75) is 26.2 Å². The second-order valence-corrected chi connectivity index (χ2v) is 6.32. The Kier molecular flexibility index (Phi) is 9.77. The van der Waals surface area contributed by atoms with Crippen LogP contribution >= 0.6 is 24.0 Å². The van der Waals surface area contributed by atoms with Crippen LogP contribution in [0.5, 0.6) is 0 Å². The van der Waals surface area contributed by atoms with Crippen LogP contribution in [0.1, 0.15) is 25.3 Å². The molecule has 7 heteroatoms. The summed E-state index contributed by atoms with van der Waals surface area (Å²) in [5.41, 5.74) is 0.679. The summed E-state index contributed by atoms with van der Waals surface area (Å²) in [5, 5.41) is 6.13. The number of carbonyl (C=O) groups excluding carboxylic acids is 1. The van der Waals surface area contributed by atoms with E-state index in [0.717, 1.165) is 19.0 Å². The van der Waals surface area contributed by atoms with Gasteiger partial charge in [0.15, 0.2) is 5.96 Å². The quantitative estimate of drug-likeness (QED) is 0.306. The molecule has 0 radical (unpaired) electrons. The number of nitrogens with one attached hydrogen (secondary N) is 2. The van der Waals surface area contributed by atoms with E-state index in [1.165, 1.54) is 25.0 Å². The molecular formula is C18H28FIN4O. The van der Waals surface area contributed by atoms with Crippen LogP contribution in [0.15, 0.2) is 29.3 Å². The first-order chi connectivity index (χ1) is 11.6. The van der Waals surface area contributed by atoms with Crippen LogP contribution in [0.25, 0.3) is 0 Å². The SMILES string of the molecule is CN=C(NCCNC(=O)Cc1cccc(F)c1)N1CCCC(C)C1.I. The number of hydrogen-bond donors (Lipinski definition) is 2. The van der Waals surface area contributed by atoms with Crippen LogP contribution in [0.4, 0.5) is 4.39 Å². The predicted octanol–water partition coefficient (Wildman–Crippen LogP) is 2.41. The van der Waals surface area contributed by atoms with Crippen LogP contribution in [-0.2, 0) is 11.2 Å². The number of aliphatic imine (C=N–C) groups is 1. The van der Waals surface area contributed by atoms with E-state index in [2.05, 4.69) is 27.4 Å². The van der Waals surface area contributed by atoms with Crippen molar-refractivity contribution in [1.82, 2.24) is 15.5 Å². The van der Waals surface area contributed by atoms with E-state index < -0.39 is 0 Å². The van der Waals surface area contributed by atoms with Crippen molar-refractivity contribution < 1.29 is 9.18 Å². The molecule has 1 fully saturated rings. The lowest BCUT2D eigenvalue weighted by Gasteiger charge is -2.33. The van der Waals surface area contributed by atoms with Gasteiger partial charge in [-0.2, -0.15) is 0 Å². The largest absolute Gasteiger partial charge is 0.354 e. The Morgan fingerprint density at radius 1 is 1.36 bits per heavy atom. The van der Waals surface area contributed by atoms with Gasteiger partial charge >= 0.3 is 0 Å². The number of guanidine groups is 1. The van der Waals surface area contributed by atoms with Gasteiger partial charge in [0.2, 0.25) is 5.91 Å². The number of rotatable bonds is 5. The van der Waals surface area contributed by atoms with Gasteiger partial charge < -0.3 is 15.5 Å². The monoisotopic (exact) mass is 462 g/mol. The minimum atomic E-state index is -0.318. The number of piperidine rings is 1. The second kappa shape index (κ2) is 11.3. The van der Waals surface area contributed by atoms with Crippen molar-refractivity contribution in [2.75, 3.05) is 33.2 Å². The third-order valence-corrected chi connectivity index (χ3v) is 4.15. The molecule has 1 amide bonds. The van der Waals surface area contributed by atoms with Crippen molar-refractivity contribution in [2.24, 2.45) is 10.9 Å². The summed E-state index contributed by atoms with van der Waals surface area (Å²) in [7, 11) is 1.78. The number of benzene rings is 1. The molecule has 1 aromatic rings. The topological polar surface area (TPSA) is 56.7 Å². The average Bonchev–Trinajstić information content (AvgIpc) is 2.55. The fourth-order valence-electron chi connectivity index (χ4n) is 2.99.